The molecule has 1 aromatic carbocycles. The van der Waals surface area contributed by atoms with Gasteiger partial charge in [0, 0.05) is 19.0 Å². The van der Waals surface area contributed by atoms with Gasteiger partial charge < -0.3 is 4.74 Å². The maximum atomic E-state index is 5.88. The monoisotopic (exact) mass is 294 g/mol. The summed E-state index contributed by atoms with van der Waals surface area (Å²) in [6.45, 7) is 0. The Labute approximate surface area is 127 Å². The fraction of sp³-hybridized carbons (Fsp3) is 0.267. The van der Waals surface area contributed by atoms with Gasteiger partial charge in [-0.15, -0.1) is 10.2 Å². The summed E-state index contributed by atoms with van der Waals surface area (Å²) in [5, 5.41) is 12.6. The first-order valence-corrected chi connectivity index (χ1v) is 7.16. The van der Waals surface area contributed by atoms with Crippen molar-refractivity contribution < 1.29 is 4.74 Å². The maximum Gasteiger partial charge on any atom is 0.223 e. The van der Waals surface area contributed by atoms with Gasteiger partial charge in [-0.1, -0.05) is 18.2 Å². The molecule has 0 spiro atoms. The number of tetrazole rings is 1. The van der Waals surface area contributed by atoms with Crippen molar-refractivity contribution in [1.29, 1.82) is 0 Å². The Morgan fingerprint density at radius 3 is 2.73 bits per heavy atom. The molecule has 1 aliphatic carbocycles. The van der Waals surface area contributed by atoms with Crippen LogP contribution in [0.25, 0.3) is 11.5 Å². The van der Waals surface area contributed by atoms with E-state index >= 15 is 0 Å². The molecular formula is C15H14N6O. The topological polar surface area (TPSA) is 78.6 Å². The van der Waals surface area contributed by atoms with Crippen LogP contribution in [0.2, 0.25) is 0 Å². The molecule has 0 unspecified atom stereocenters. The Morgan fingerprint density at radius 1 is 1.09 bits per heavy atom. The largest absolute Gasteiger partial charge is 0.490 e. The van der Waals surface area contributed by atoms with E-state index in [4.69, 9.17) is 4.74 Å². The molecule has 2 heterocycles. The average molecular weight is 294 g/mol. The molecule has 0 N–H and O–H groups in total. The van der Waals surface area contributed by atoms with Crippen molar-refractivity contribution in [3.63, 3.8) is 0 Å². The SMILES string of the molecule is c1ccc(OC2CC(n3nnc(-c4ccncn4)n3)C2)cc1. The summed E-state index contributed by atoms with van der Waals surface area (Å²) in [5.74, 6) is 1.43. The van der Waals surface area contributed by atoms with Gasteiger partial charge >= 0.3 is 0 Å². The molecule has 1 aliphatic rings. The van der Waals surface area contributed by atoms with Crippen LogP contribution < -0.4 is 4.74 Å². The predicted molar refractivity (Wildman–Crippen MR) is 78.0 cm³/mol. The third-order valence-electron chi connectivity index (χ3n) is 3.68. The quantitative estimate of drug-likeness (QED) is 0.731. The van der Waals surface area contributed by atoms with Crippen LogP contribution in [-0.4, -0.2) is 36.3 Å². The molecule has 0 aliphatic heterocycles. The molecule has 7 heteroatoms. The van der Waals surface area contributed by atoms with Crippen molar-refractivity contribution in [2.24, 2.45) is 0 Å². The van der Waals surface area contributed by atoms with Crippen LogP contribution in [-0.2, 0) is 0 Å². The number of para-hydroxylation sites is 1. The molecule has 0 atom stereocenters. The third kappa shape index (κ3) is 2.52. The van der Waals surface area contributed by atoms with E-state index in [9.17, 15) is 0 Å². The molecule has 0 saturated heterocycles. The molecule has 3 aromatic rings. The first-order chi connectivity index (χ1) is 10.9. The van der Waals surface area contributed by atoms with Gasteiger partial charge in [0.05, 0.1) is 6.04 Å². The van der Waals surface area contributed by atoms with Gasteiger partial charge in [0.1, 0.15) is 23.9 Å². The molecule has 7 nitrogen and oxygen atoms in total. The summed E-state index contributed by atoms with van der Waals surface area (Å²) >= 11 is 0. The summed E-state index contributed by atoms with van der Waals surface area (Å²) in [7, 11) is 0. The summed E-state index contributed by atoms with van der Waals surface area (Å²) in [6.07, 6.45) is 5.11. The van der Waals surface area contributed by atoms with Crippen LogP contribution in [0.3, 0.4) is 0 Å². The lowest BCUT2D eigenvalue weighted by Crippen LogP contribution is -2.36. The number of hydrogen-bond donors (Lipinski definition) is 0. The number of hydrogen-bond acceptors (Lipinski definition) is 6. The zero-order valence-electron chi connectivity index (χ0n) is 11.8. The zero-order valence-corrected chi connectivity index (χ0v) is 11.8. The Bertz CT molecular complexity index is 739. The smallest absolute Gasteiger partial charge is 0.223 e. The van der Waals surface area contributed by atoms with Crippen molar-refractivity contribution in [1.82, 2.24) is 30.2 Å². The Balaban J connectivity index is 1.38. The summed E-state index contributed by atoms with van der Waals surface area (Å²) in [5.41, 5.74) is 0.678. The lowest BCUT2D eigenvalue weighted by Gasteiger charge is -2.34. The van der Waals surface area contributed by atoms with Crippen LogP contribution in [0.5, 0.6) is 5.75 Å². The fourth-order valence-corrected chi connectivity index (χ4v) is 2.42. The predicted octanol–water partition coefficient (Wildman–Crippen LogP) is 1.91. The van der Waals surface area contributed by atoms with Gasteiger partial charge in [0.15, 0.2) is 0 Å². The van der Waals surface area contributed by atoms with E-state index in [1.165, 1.54) is 6.33 Å². The van der Waals surface area contributed by atoms with Gasteiger partial charge in [-0.3, -0.25) is 0 Å². The Morgan fingerprint density at radius 2 is 1.95 bits per heavy atom. The number of ether oxygens (including phenoxy) is 1. The second kappa shape index (κ2) is 5.51. The van der Waals surface area contributed by atoms with Crippen LogP contribution >= 0.6 is 0 Å². The third-order valence-corrected chi connectivity index (χ3v) is 3.68. The van der Waals surface area contributed by atoms with E-state index in [-0.39, 0.29) is 12.1 Å². The highest BCUT2D eigenvalue weighted by Gasteiger charge is 2.34. The van der Waals surface area contributed by atoms with Crippen molar-refractivity contribution in [3.8, 4) is 17.3 Å². The molecular weight excluding hydrogens is 280 g/mol. The van der Waals surface area contributed by atoms with E-state index in [1.54, 1.807) is 17.1 Å². The van der Waals surface area contributed by atoms with E-state index in [0.717, 1.165) is 18.6 Å². The zero-order chi connectivity index (χ0) is 14.8. The highest BCUT2D eigenvalue weighted by molar-refractivity contribution is 5.45. The highest BCUT2D eigenvalue weighted by atomic mass is 16.5. The molecule has 0 bridgehead atoms. The van der Waals surface area contributed by atoms with Crippen LogP contribution in [0.15, 0.2) is 48.9 Å². The highest BCUT2D eigenvalue weighted by Crippen LogP contribution is 2.34. The van der Waals surface area contributed by atoms with E-state index in [2.05, 4.69) is 25.4 Å². The van der Waals surface area contributed by atoms with Gasteiger partial charge in [-0.25, -0.2) is 9.97 Å². The number of nitrogens with zero attached hydrogens (tertiary/aromatic N) is 6. The molecule has 4 rings (SSSR count). The summed E-state index contributed by atoms with van der Waals surface area (Å²) < 4.78 is 5.88. The Hall–Kier alpha value is -2.83. The molecule has 1 saturated carbocycles. The van der Waals surface area contributed by atoms with E-state index in [0.29, 0.717) is 11.5 Å². The lowest BCUT2D eigenvalue weighted by molar-refractivity contribution is 0.0570. The second-order valence-electron chi connectivity index (χ2n) is 5.21. The minimum atomic E-state index is 0.209. The first-order valence-electron chi connectivity index (χ1n) is 7.16. The van der Waals surface area contributed by atoms with Gasteiger partial charge in [-0.05, 0) is 23.4 Å². The van der Waals surface area contributed by atoms with E-state index < -0.39 is 0 Å². The molecule has 0 radical (unpaired) electrons. The standard InChI is InChI=1S/C15H14N6O/c1-2-4-12(5-3-1)22-13-8-11(9-13)21-19-15(18-20-21)14-6-7-16-10-17-14/h1-7,10-11,13H,8-9H2. The summed E-state index contributed by atoms with van der Waals surface area (Å²) in [6, 6.07) is 11.9. The number of aromatic nitrogens is 6. The van der Waals surface area contributed by atoms with Gasteiger partial charge in [-0.2, -0.15) is 4.80 Å². The van der Waals surface area contributed by atoms with Crippen molar-refractivity contribution in [2.45, 2.75) is 25.0 Å². The number of benzene rings is 1. The first kappa shape index (κ1) is 12.9. The van der Waals surface area contributed by atoms with Crippen molar-refractivity contribution in [2.75, 3.05) is 0 Å². The Kier molecular flexibility index (Phi) is 3.23. The molecule has 2 aromatic heterocycles. The second-order valence-corrected chi connectivity index (χ2v) is 5.21. The molecule has 1 fully saturated rings. The summed E-state index contributed by atoms with van der Waals surface area (Å²) in [4.78, 5) is 9.66. The van der Waals surface area contributed by atoms with Crippen molar-refractivity contribution in [3.05, 3.63) is 48.9 Å². The van der Waals surface area contributed by atoms with Gasteiger partial charge in [0.25, 0.3) is 0 Å². The fourth-order valence-electron chi connectivity index (χ4n) is 2.42. The molecule has 110 valence electrons. The van der Waals surface area contributed by atoms with Crippen LogP contribution in [0, 0.1) is 0 Å². The van der Waals surface area contributed by atoms with Gasteiger partial charge in [0.2, 0.25) is 5.82 Å². The molecule has 22 heavy (non-hydrogen) atoms. The van der Waals surface area contributed by atoms with Crippen LogP contribution in [0.4, 0.5) is 0 Å². The number of rotatable bonds is 4. The normalized spacial score (nSPS) is 20.4. The van der Waals surface area contributed by atoms with Crippen molar-refractivity contribution >= 4 is 0 Å². The minimum Gasteiger partial charge on any atom is -0.490 e. The average Bonchev–Trinajstić information content (AvgIpc) is 3.02. The van der Waals surface area contributed by atoms with E-state index in [1.807, 2.05) is 30.3 Å². The minimum absolute atomic E-state index is 0.209. The molecule has 0 amide bonds. The lowest BCUT2D eigenvalue weighted by atomic mass is 9.90. The maximum absolute atomic E-state index is 5.88. The van der Waals surface area contributed by atoms with Crippen LogP contribution in [0.1, 0.15) is 18.9 Å².